The second-order valence-corrected chi connectivity index (χ2v) is 8.12. The first-order valence-electron chi connectivity index (χ1n) is 9.39. The highest BCUT2D eigenvalue weighted by Crippen LogP contribution is 2.33. The Balaban J connectivity index is 1.35. The summed E-state index contributed by atoms with van der Waals surface area (Å²) in [6, 6.07) is 19.1. The Labute approximate surface area is 173 Å². The summed E-state index contributed by atoms with van der Waals surface area (Å²) in [4.78, 5) is 7.44. The quantitative estimate of drug-likeness (QED) is 0.449. The molecule has 2 N–H and O–H groups in total. The van der Waals surface area contributed by atoms with E-state index < -0.39 is 0 Å². The molecule has 3 aromatic carbocycles. The van der Waals surface area contributed by atoms with Crippen molar-refractivity contribution in [2.75, 3.05) is 0 Å². The fourth-order valence-corrected chi connectivity index (χ4v) is 4.62. The molecule has 0 spiro atoms. The van der Waals surface area contributed by atoms with Gasteiger partial charge in [-0.15, -0.1) is 0 Å². The average Bonchev–Trinajstić information content (AvgIpc) is 3.32. The Hall–Kier alpha value is -2.33. The Morgan fingerprint density at radius 1 is 0.929 bits per heavy atom. The van der Waals surface area contributed by atoms with Gasteiger partial charge < -0.3 is 10.3 Å². The van der Waals surface area contributed by atoms with Crippen molar-refractivity contribution < 1.29 is 0 Å². The van der Waals surface area contributed by atoms with Crippen LogP contribution in [0, 0.1) is 0 Å². The molecule has 0 bridgehead atoms. The van der Waals surface area contributed by atoms with Gasteiger partial charge in [-0.05, 0) is 59.4 Å². The molecule has 0 unspecified atom stereocenters. The van der Waals surface area contributed by atoms with E-state index in [-0.39, 0.29) is 0 Å². The standard InChI is InChI=1S/C23H19Cl2N3/c24-20-9-17(16-5-6-22-23(11-16)28-13-27-22)10-21(25)19(20)12-26-18-7-14-3-1-2-4-15(14)8-18/h1-6,9-11,13,18,26H,7-8,12H2,(H,27,28). The van der Waals surface area contributed by atoms with Crippen LogP contribution in [0.15, 0.2) is 60.9 Å². The van der Waals surface area contributed by atoms with Gasteiger partial charge in [-0.25, -0.2) is 4.98 Å². The van der Waals surface area contributed by atoms with Crippen LogP contribution < -0.4 is 5.32 Å². The zero-order chi connectivity index (χ0) is 19.1. The van der Waals surface area contributed by atoms with E-state index in [1.165, 1.54) is 11.1 Å². The first kappa shape index (κ1) is 17.7. The number of imidazole rings is 1. The summed E-state index contributed by atoms with van der Waals surface area (Å²) < 4.78 is 0. The minimum atomic E-state index is 0.422. The van der Waals surface area contributed by atoms with Crippen LogP contribution in [-0.2, 0) is 19.4 Å². The molecule has 0 aliphatic heterocycles. The van der Waals surface area contributed by atoms with E-state index in [9.17, 15) is 0 Å². The highest BCUT2D eigenvalue weighted by molar-refractivity contribution is 6.36. The Morgan fingerprint density at radius 2 is 1.64 bits per heavy atom. The lowest BCUT2D eigenvalue weighted by atomic mass is 10.0. The monoisotopic (exact) mass is 407 g/mol. The van der Waals surface area contributed by atoms with E-state index in [1.54, 1.807) is 6.33 Å². The lowest BCUT2D eigenvalue weighted by Crippen LogP contribution is -2.29. The number of aromatic nitrogens is 2. The summed E-state index contributed by atoms with van der Waals surface area (Å²) in [5.74, 6) is 0. The number of aromatic amines is 1. The van der Waals surface area contributed by atoms with E-state index in [4.69, 9.17) is 23.2 Å². The average molecular weight is 408 g/mol. The van der Waals surface area contributed by atoms with Crippen LogP contribution in [0.1, 0.15) is 16.7 Å². The molecule has 0 radical (unpaired) electrons. The summed E-state index contributed by atoms with van der Waals surface area (Å²) in [7, 11) is 0. The van der Waals surface area contributed by atoms with Gasteiger partial charge in [0.15, 0.2) is 0 Å². The summed E-state index contributed by atoms with van der Waals surface area (Å²) in [6.07, 6.45) is 3.80. The first-order valence-corrected chi connectivity index (χ1v) is 10.1. The molecular weight excluding hydrogens is 389 g/mol. The largest absolute Gasteiger partial charge is 0.345 e. The molecular formula is C23H19Cl2N3. The predicted octanol–water partition coefficient (Wildman–Crippen LogP) is 5.79. The fraction of sp³-hybridized carbons (Fsp3) is 0.174. The fourth-order valence-electron chi connectivity index (χ4n) is 4.00. The molecule has 0 atom stereocenters. The van der Waals surface area contributed by atoms with Gasteiger partial charge in [0.2, 0.25) is 0 Å². The summed E-state index contributed by atoms with van der Waals surface area (Å²) in [5, 5.41) is 5.00. The van der Waals surface area contributed by atoms with Crippen molar-refractivity contribution in [3.05, 3.63) is 87.7 Å². The summed E-state index contributed by atoms with van der Waals surface area (Å²) in [6.45, 7) is 0.662. The van der Waals surface area contributed by atoms with Gasteiger partial charge in [-0.1, -0.05) is 53.5 Å². The minimum absolute atomic E-state index is 0.422. The van der Waals surface area contributed by atoms with E-state index >= 15 is 0 Å². The van der Waals surface area contributed by atoms with Gasteiger partial charge in [-0.3, -0.25) is 0 Å². The topological polar surface area (TPSA) is 40.7 Å². The van der Waals surface area contributed by atoms with Crippen molar-refractivity contribution >= 4 is 34.2 Å². The van der Waals surface area contributed by atoms with Crippen molar-refractivity contribution in [3.63, 3.8) is 0 Å². The van der Waals surface area contributed by atoms with Crippen LogP contribution in [-0.4, -0.2) is 16.0 Å². The van der Waals surface area contributed by atoms with Crippen molar-refractivity contribution in [1.82, 2.24) is 15.3 Å². The molecule has 0 saturated carbocycles. The molecule has 0 amide bonds. The Kier molecular flexibility index (Phi) is 4.59. The molecule has 1 heterocycles. The normalized spacial score (nSPS) is 13.9. The van der Waals surface area contributed by atoms with Gasteiger partial charge in [-0.2, -0.15) is 0 Å². The van der Waals surface area contributed by atoms with Gasteiger partial charge in [0.05, 0.1) is 17.4 Å². The molecule has 1 aliphatic carbocycles. The summed E-state index contributed by atoms with van der Waals surface area (Å²) >= 11 is 13.2. The van der Waals surface area contributed by atoms with Crippen molar-refractivity contribution in [3.8, 4) is 11.1 Å². The third kappa shape index (κ3) is 3.30. The molecule has 0 saturated heterocycles. The third-order valence-electron chi connectivity index (χ3n) is 5.51. The molecule has 5 heteroatoms. The van der Waals surface area contributed by atoms with Crippen molar-refractivity contribution in [2.24, 2.45) is 0 Å². The molecule has 0 fully saturated rings. The molecule has 140 valence electrons. The maximum Gasteiger partial charge on any atom is 0.0931 e. The smallest absolute Gasteiger partial charge is 0.0931 e. The number of hydrogen-bond acceptors (Lipinski definition) is 2. The van der Waals surface area contributed by atoms with Gasteiger partial charge >= 0.3 is 0 Å². The van der Waals surface area contributed by atoms with Gasteiger partial charge in [0.1, 0.15) is 0 Å². The Bertz CT molecular complexity index is 1120. The number of benzene rings is 3. The number of nitrogens with one attached hydrogen (secondary N) is 2. The van der Waals surface area contributed by atoms with Gasteiger partial charge in [0.25, 0.3) is 0 Å². The van der Waals surface area contributed by atoms with E-state index in [0.29, 0.717) is 22.6 Å². The highest BCUT2D eigenvalue weighted by Gasteiger charge is 2.21. The molecule has 4 aromatic rings. The van der Waals surface area contributed by atoms with Crippen molar-refractivity contribution in [1.29, 1.82) is 0 Å². The zero-order valence-electron chi connectivity index (χ0n) is 15.2. The first-order chi connectivity index (χ1) is 13.7. The second kappa shape index (κ2) is 7.25. The van der Waals surface area contributed by atoms with Crippen LogP contribution >= 0.6 is 23.2 Å². The third-order valence-corrected chi connectivity index (χ3v) is 6.19. The Morgan fingerprint density at radius 3 is 2.36 bits per heavy atom. The number of hydrogen-bond donors (Lipinski definition) is 2. The highest BCUT2D eigenvalue weighted by atomic mass is 35.5. The van der Waals surface area contributed by atoms with Crippen LogP contribution in [0.25, 0.3) is 22.2 Å². The van der Waals surface area contributed by atoms with Crippen LogP contribution in [0.2, 0.25) is 10.0 Å². The van der Waals surface area contributed by atoms with E-state index in [2.05, 4.69) is 45.6 Å². The number of fused-ring (bicyclic) bond motifs is 2. The van der Waals surface area contributed by atoms with E-state index in [1.807, 2.05) is 24.3 Å². The van der Waals surface area contributed by atoms with Gasteiger partial charge in [0, 0.05) is 28.2 Å². The molecule has 28 heavy (non-hydrogen) atoms. The maximum atomic E-state index is 6.61. The number of rotatable bonds is 4. The summed E-state index contributed by atoms with van der Waals surface area (Å²) in [5.41, 5.74) is 7.80. The molecule has 1 aromatic heterocycles. The number of H-pyrrole nitrogens is 1. The minimum Gasteiger partial charge on any atom is -0.345 e. The van der Waals surface area contributed by atoms with Crippen LogP contribution in [0.3, 0.4) is 0 Å². The molecule has 1 aliphatic rings. The lowest BCUT2D eigenvalue weighted by molar-refractivity contribution is 0.533. The van der Waals surface area contributed by atoms with Crippen molar-refractivity contribution in [2.45, 2.75) is 25.4 Å². The van der Waals surface area contributed by atoms with Crippen LogP contribution in [0.5, 0.6) is 0 Å². The van der Waals surface area contributed by atoms with Crippen LogP contribution in [0.4, 0.5) is 0 Å². The zero-order valence-corrected chi connectivity index (χ0v) is 16.7. The maximum absolute atomic E-state index is 6.61. The molecule has 3 nitrogen and oxygen atoms in total. The molecule has 5 rings (SSSR count). The lowest BCUT2D eigenvalue weighted by Gasteiger charge is -2.15. The van der Waals surface area contributed by atoms with E-state index in [0.717, 1.165) is 40.6 Å². The SMILES string of the molecule is Clc1cc(-c2ccc3[nH]cnc3c2)cc(Cl)c1CNC1Cc2ccccc2C1. The predicted molar refractivity (Wildman–Crippen MR) is 116 cm³/mol. The second-order valence-electron chi connectivity index (χ2n) is 7.31. The number of halogens is 2. The number of nitrogens with zero attached hydrogens (tertiary/aromatic N) is 1.